The Bertz CT molecular complexity index is 335. The summed E-state index contributed by atoms with van der Waals surface area (Å²) in [7, 11) is 3.25. The van der Waals surface area contributed by atoms with Gasteiger partial charge in [0, 0.05) is 20.3 Å². The Labute approximate surface area is 159 Å². The number of rotatable bonds is 2. The molecule has 8 heteroatoms. The molecule has 0 atom stereocenters. The fraction of sp³-hybridized carbons (Fsp3) is 0.333. The van der Waals surface area contributed by atoms with E-state index in [-0.39, 0.29) is 4.92 Å². The summed E-state index contributed by atoms with van der Waals surface area (Å²) in [5.74, 6) is 0. The van der Waals surface area contributed by atoms with Gasteiger partial charge in [-0.15, -0.1) is 0 Å². The minimum atomic E-state index is -0.479. The Kier molecular flexibility index (Phi) is 29.1. The zero-order valence-electron chi connectivity index (χ0n) is 11.8. The number of hydrogen-bond acceptors (Lipinski definition) is 3. The SMILES string of the molecule is CC.COC.O=[N+]([O-])/C=C/c1ccccc1.[I][V]([I])[I]. The van der Waals surface area contributed by atoms with Crippen LogP contribution in [0.3, 0.4) is 0 Å². The summed E-state index contributed by atoms with van der Waals surface area (Å²) in [5, 5.41) is 9.89. The van der Waals surface area contributed by atoms with E-state index in [0.29, 0.717) is 0 Å². The molecule has 0 spiro atoms. The number of methoxy groups -OCH3 is 1. The molecular weight excluding hydrogens is 638 g/mol. The quantitative estimate of drug-likeness (QED) is 0.227. The molecule has 0 amide bonds. The number of halogens is 3. The predicted octanol–water partition coefficient (Wildman–Crippen LogP) is 5.88. The zero-order chi connectivity index (χ0) is 16.4. The summed E-state index contributed by atoms with van der Waals surface area (Å²) in [6.45, 7) is 4.00. The number of nitro groups is 1. The van der Waals surface area contributed by atoms with E-state index in [4.69, 9.17) is 0 Å². The maximum absolute atomic E-state index is 9.89. The van der Waals surface area contributed by atoms with Crippen molar-refractivity contribution < 1.29 is 14.6 Å². The van der Waals surface area contributed by atoms with Crippen molar-refractivity contribution >= 4 is 66.0 Å². The van der Waals surface area contributed by atoms with Crippen molar-refractivity contribution in [2.24, 2.45) is 0 Å². The van der Waals surface area contributed by atoms with Gasteiger partial charge in [-0.1, -0.05) is 44.2 Å². The molecule has 0 aliphatic rings. The summed E-state index contributed by atoms with van der Waals surface area (Å²) < 4.78 is 4.25. The summed E-state index contributed by atoms with van der Waals surface area (Å²) in [6, 6.07) is 9.14. The second-order valence-corrected chi connectivity index (χ2v) is 38.0. The molecule has 0 saturated heterocycles. The Morgan fingerprint density at radius 1 is 1.15 bits per heavy atom. The van der Waals surface area contributed by atoms with Crippen molar-refractivity contribution in [3.63, 3.8) is 0 Å². The minimum absolute atomic E-state index is 0.278. The van der Waals surface area contributed by atoms with Gasteiger partial charge in [-0.25, -0.2) is 0 Å². The summed E-state index contributed by atoms with van der Waals surface area (Å²) in [4.78, 5) is 9.13. The van der Waals surface area contributed by atoms with Gasteiger partial charge in [0.1, 0.15) is 0 Å². The van der Waals surface area contributed by atoms with Gasteiger partial charge >= 0.3 is 64.9 Å². The van der Waals surface area contributed by atoms with Gasteiger partial charge < -0.3 is 4.74 Å². The Balaban J connectivity index is -0.000000269. The van der Waals surface area contributed by atoms with Crippen LogP contribution in [0, 0.1) is 10.1 Å². The Hall–Kier alpha value is 1.09. The molecule has 20 heavy (non-hydrogen) atoms. The van der Waals surface area contributed by atoms with Crippen LogP contribution in [0.5, 0.6) is 0 Å². The molecule has 116 valence electrons. The van der Waals surface area contributed by atoms with Crippen molar-refractivity contribution in [3.8, 4) is 0 Å². The van der Waals surface area contributed by atoms with Crippen LogP contribution in [0.2, 0.25) is 0 Å². The van der Waals surface area contributed by atoms with E-state index in [1.165, 1.54) is 6.08 Å². The molecule has 1 rings (SSSR count). The molecule has 0 heterocycles. The van der Waals surface area contributed by atoms with Gasteiger partial charge in [0.25, 0.3) is 0 Å². The topological polar surface area (TPSA) is 52.4 Å². The van der Waals surface area contributed by atoms with Crippen LogP contribution in [0.15, 0.2) is 36.5 Å². The van der Waals surface area contributed by atoms with E-state index >= 15 is 0 Å². The summed E-state index contributed by atoms with van der Waals surface area (Å²) >= 11 is 7.39. The number of ether oxygens (including phenoxy) is 1. The number of benzene rings is 1. The standard InChI is InChI=1S/C8H7NO2.C2H6O.C2H6.3HI.V/c10-9(11)7-6-8-4-2-1-3-5-8;1-3-2;1-2;;;;/h1-7H;1-2H3;1-2H3;3*1H;/q;;;;;;+3/p-3/b7-6+;;;;;;. The molecule has 4 nitrogen and oxygen atoms in total. The first kappa shape index (κ1) is 26.0. The first-order chi connectivity index (χ1) is 9.43. The monoisotopic (exact) mass is 657 g/mol. The van der Waals surface area contributed by atoms with Crippen molar-refractivity contribution in [3.05, 3.63) is 52.2 Å². The van der Waals surface area contributed by atoms with Crippen molar-refractivity contribution in [1.29, 1.82) is 0 Å². The Morgan fingerprint density at radius 3 is 1.80 bits per heavy atom. The molecule has 1 aromatic carbocycles. The first-order valence-electron chi connectivity index (χ1n) is 5.48. The third kappa shape index (κ3) is 31.5. The van der Waals surface area contributed by atoms with E-state index in [0.717, 1.165) is 11.8 Å². The molecule has 0 radical (unpaired) electrons. The van der Waals surface area contributed by atoms with Crippen LogP contribution in [-0.4, -0.2) is 19.1 Å². The van der Waals surface area contributed by atoms with Crippen molar-refractivity contribution in [1.82, 2.24) is 0 Å². The molecule has 0 aliphatic heterocycles. The molecule has 0 aliphatic carbocycles. The van der Waals surface area contributed by atoms with Crippen LogP contribution in [-0.2, 0) is 9.66 Å². The molecular formula is C12H19I3NO3V. The molecule has 0 N–H and O–H groups in total. The molecule has 1 aromatic rings. The van der Waals surface area contributed by atoms with E-state index in [1.807, 2.05) is 32.0 Å². The van der Waals surface area contributed by atoms with E-state index in [2.05, 4.69) is 64.7 Å². The van der Waals surface area contributed by atoms with Crippen LogP contribution in [0.4, 0.5) is 0 Å². The van der Waals surface area contributed by atoms with E-state index in [9.17, 15) is 10.1 Å². The molecule has 0 fully saturated rings. The third-order valence-electron chi connectivity index (χ3n) is 1.19. The molecule has 0 saturated carbocycles. The van der Waals surface area contributed by atoms with Crippen LogP contribution < -0.4 is 0 Å². The summed E-state index contributed by atoms with van der Waals surface area (Å²) in [6.07, 6.45) is 2.38. The van der Waals surface area contributed by atoms with Crippen LogP contribution in [0.25, 0.3) is 6.08 Å². The van der Waals surface area contributed by atoms with E-state index in [1.54, 1.807) is 26.4 Å². The zero-order valence-corrected chi connectivity index (χ0v) is 19.7. The fourth-order valence-electron chi connectivity index (χ4n) is 0.711. The van der Waals surface area contributed by atoms with Crippen LogP contribution in [0.1, 0.15) is 19.4 Å². The molecule has 0 bridgehead atoms. The maximum atomic E-state index is 9.89. The normalized spacial score (nSPS) is 8.60. The van der Waals surface area contributed by atoms with Gasteiger partial charge in [0.15, 0.2) is 0 Å². The van der Waals surface area contributed by atoms with Gasteiger partial charge in [-0.05, 0) is 5.56 Å². The van der Waals surface area contributed by atoms with Gasteiger partial charge in [0.2, 0.25) is 6.20 Å². The average molecular weight is 657 g/mol. The second-order valence-electron chi connectivity index (χ2n) is 2.61. The number of hydrogen-bond donors (Lipinski definition) is 0. The average Bonchev–Trinajstić information content (AvgIpc) is 2.40. The van der Waals surface area contributed by atoms with Gasteiger partial charge in [-0.2, -0.15) is 0 Å². The third-order valence-corrected chi connectivity index (χ3v) is 1.19. The molecule has 0 unspecified atom stereocenters. The molecule has 0 aromatic heterocycles. The fourth-order valence-corrected chi connectivity index (χ4v) is 0.711. The predicted molar refractivity (Wildman–Crippen MR) is 109 cm³/mol. The van der Waals surface area contributed by atoms with E-state index < -0.39 is 4.92 Å². The summed E-state index contributed by atoms with van der Waals surface area (Å²) in [5.41, 5.74) is 0.837. The first-order valence-corrected chi connectivity index (χ1v) is 19.0. The van der Waals surface area contributed by atoms with Crippen molar-refractivity contribution in [2.45, 2.75) is 13.8 Å². The second kappa shape index (κ2) is 22.4. The van der Waals surface area contributed by atoms with Gasteiger partial charge in [0.05, 0.1) is 4.92 Å². The Morgan fingerprint density at radius 2 is 1.50 bits per heavy atom. The van der Waals surface area contributed by atoms with Crippen LogP contribution >= 0.6 is 59.9 Å². The van der Waals surface area contributed by atoms with Gasteiger partial charge in [-0.3, -0.25) is 10.1 Å². The van der Waals surface area contributed by atoms with Crippen molar-refractivity contribution in [2.75, 3.05) is 14.2 Å². The number of nitrogens with zero attached hydrogens (tertiary/aromatic N) is 1.